The largest absolute Gasteiger partial charge is 0.454 e. The minimum Gasteiger partial charge on any atom is -0.454 e. The Kier molecular flexibility index (Phi) is 4.49. The Morgan fingerprint density at radius 3 is 2.74 bits per heavy atom. The Morgan fingerprint density at radius 2 is 1.93 bits per heavy atom. The Balaban J connectivity index is 1.71. The summed E-state index contributed by atoms with van der Waals surface area (Å²) in [5.74, 6) is 1.32. The van der Waals surface area contributed by atoms with Gasteiger partial charge in [-0.1, -0.05) is 25.1 Å². The highest BCUT2D eigenvalue weighted by Gasteiger charge is 2.26. The molecule has 0 spiro atoms. The van der Waals surface area contributed by atoms with Gasteiger partial charge < -0.3 is 9.47 Å². The topological polar surface area (TPSA) is 68.7 Å². The predicted octanol–water partition coefficient (Wildman–Crippen LogP) is 3.48. The van der Waals surface area contributed by atoms with E-state index in [9.17, 15) is 8.42 Å². The Labute approximate surface area is 158 Å². The maximum Gasteiger partial charge on any atom is 0.245 e. The molecule has 0 saturated heterocycles. The lowest BCUT2D eigenvalue weighted by Gasteiger charge is -2.21. The van der Waals surface area contributed by atoms with Crippen LogP contribution in [0.3, 0.4) is 0 Å². The van der Waals surface area contributed by atoms with Crippen LogP contribution in [0.25, 0.3) is 10.9 Å². The zero-order valence-corrected chi connectivity index (χ0v) is 16.0. The molecule has 1 aliphatic rings. The molecule has 3 aromatic rings. The lowest BCUT2D eigenvalue weighted by Crippen LogP contribution is -2.30. The molecule has 0 bridgehead atoms. The molecule has 4 rings (SSSR count). The van der Waals surface area contributed by atoms with Crippen molar-refractivity contribution in [3.63, 3.8) is 0 Å². The zero-order chi connectivity index (χ0) is 19.0. The third-order valence-corrected chi connectivity index (χ3v) is 6.53. The highest BCUT2D eigenvalue weighted by molar-refractivity contribution is 7.89. The van der Waals surface area contributed by atoms with E-state index in [0.717, 1.165) is 16.5 Å². The summed E-state index contributed by atoms with van der Waals surface area (Å²) in [4.78, 5) is 4.60. The summed E-state index contributed by atoms with van der Waals surface area (Å²) in [5, 5.41) is 0.815. The molecule has 1 aromatic heterocycles. The number of hydrogen-bond donors (Lipinski definition) is 0. The first-order valence-corrected chi connectivity index (χ1v) is 10.2. The van der Waals surface area contributed by atoms with Crippen LogP contribution in [0.1, 0.15) is 18.1 Å². The van der Waals surface area contributed by atoms with Crippen molar-refractivity contribution in [3.8, 4) is 11.5 Å². The van der Waals surface area contributed by atoms with Gasteiger partial charge in [-0.2, -0.15) is 4.31 Å². The lowest BCUT2D eigenvalue weighted by molar-refractivity contribution is 0.174. The van der Waals surface area contributed by atoms with Gasteiger partial charge in [-0.3, -0.25) is 4.98 Å². The van der Waals surface area contributed by atoms with Crippen LogP contribution < -0.4 is 9.47 Å². The van der Waals surface area contributed by atoms with Crippen molar-refractivity contribution < 1.29 is 17.9 Å². The van der Waals surface area contributed by atoms with E-state index in [4.69, 9.17) is 9.47 Å². The number of benzene rings is 2. The molecule has 0 amide bonds. The van der Waals surface area contributed by atoms with E-state index in [-0.39, 0.29) is 18.2 Å². The van der Waals surface area contributed by atoms with Gasteiger partial charge in [0.15, 0.2) is 11.5 Å². The van der Waals surface area contributed by atoms with Gasteiger partial charge in [-0.25, -0.2) is 8.42 Å². The first kappa shape index (κ1) is 17.8. The first-order valence-electron chi connectivity index (χ1n) is 8.73. The number of hydrogen-bond acceptors (Lipinski definition) is 5. The SMILES string of the molecule is CCN(Cc1ccc2c(c1)OCO2)S(=O)(=O)c1cccc2cc(C)cnc12. The second-order valence-corrected chi connectivity index (χ2v) is 8.37. The number of fused-ring (bicyclic) bond motifs is 2. The Hall–Kier alpha value is -2.64. The molecule has 27 heavy (non-hydrogen) atoms. The lowest BCUT2D eigenvalue weighted by atomic mass is 10.2. The van der Waals surface area contributed by atoms with Crippen LogP contribution >= 0.6 is 0 Å². The minimum absolute atomic E-state index is 0.190. The molecule has 2 aromatic carbocycles. The van der Waals surface area contributed by atoms with Crippen LogP contribution in [-0.2, 0) is 16.6 Å². The second kappa shape index (κ2) is 6.83. The van der Waals surface area contributed by atoms with Gasteiger partial charge in [0.2, 0.25) is 16.8 Å². The van der Waals surface area contributed by atoms with Crippen molar-refractivity contribution in [2.75, 3.05) is 13.3 Å². The van der Waals surface area contributed by atoms with Crippen molar-refractivity contribution in [2.24, 2.45) is 0 Å². The summed E-state index contributed by atoms with van der Waals surface area (Å²) in [6, 6.07) is 12.7. The molecule has 0 N–H and O–H groups in total. The molecule has 0 aliphatic carbocycles. The van der Waals surface area contributed by atoms with Crippen LogP contribution in [0, 0.1) is 6.92 Å². The third-order valence-electron chi connectivity index (χ3n) is 4.58. The summed E-state index contributed by atoms with van der Waals surface area (Å²) in [6.45, 7) is 4.55. The monoisotopic (exact) mass is 384 g/mol. The molecular weight excluding hydrogens is 364 g/mol. The van der Waals surface area contributed by atoms with E-state index >= 15 is 0 Å². The number of nitrogens with zero attached hydrogens (tertiary/aromatic N) is 2. The third kappa shape index (κ3) is 3.24. The number of rotatable bonds is 5. The van der Waals surface area contributed by atoms with Gasteiger partial charge in [-0.15, -0.1) is 0 Å². The second-order valence-electron chi connectivity index (χ2n) is 6.46. The van der Waals surface area contributed by atoms with Crippen LogP contribution in [0.15, 0.2) is 53.6 Å². The van der Waals surface area contributed by atoms with Crippen molar-refractivity contribution >= 4 is 20.9 Å². The fourth-order valence-electron chi connectivity index (χ4n) is 3.20. The molecule has 0 unspecified atom stereocenters. The van der Waals surface area contributed by atoms with Gasteiger partial charge in [-0.05, 0) is 42.3 Å². The van der Waals surface area contributed by atoms with Gasteiger partial charge in [0.05, 0.1) is 5.52 Å². The standard InChI is InChI=1S/C20H20N2O4S/c1-3-22(12-15-7-8-17-18(10-15)26-13-25-17)27(23,24)19-6-4-5-16-9-14(2)11-21-20(16)19/h4-11H,3,12-13H2,1-2H3. The normalized spacial score (nSPS) is 13.4. The highest BCUT2D eigenvalue weighted by Crippen LogP contribution is 2.33. The van der Waals surface area contributed by atoms with Gasteiger partial charge >= 0.3 is 0 Å². The Bertz CT molecular complexity index is 1110. The molecule has 7 heteroatoms. The van der Waals surface area contributed by atoms with Crippen molar-refractivity contribution in [3.05, 3.63) is 59.8 Å². The molecular formula is C20H20N2O4S. The summed E-state index contributed by atoms with van der Waals surface area (Å²) < 4.78 is 38.8. The smallest absolute Gasteiger partial charge is 0.245 e. The summed E-state index contributed by atoms with van der Waals surface area (Å²) in [5.41, 5.74) is 2.32. The van der Waals surface area contributed by atoms with Crippen molar-refractivity contribution in [1.82, 2.24) is 9.29 Å². The molecule has 0 saturated carbocycles. The maximum atomic E-state index is 13.3. The summed E-state index contributed by atoms with van der Waals surface area (Å²) >= 11 is 0. The molecule has 6 nitrogen and oxygen atoms in total. The van der Waals surface area contributed by atoms with E-state index in [2.05, 4.69) is 4.98 Å². The summed E-state index contributed by atoms with van der Waals surface area (Å²) in [6.07, 6.45) is 1.69. The number of para-hydroxylation sites is 1. The minimum atomic E-state index is -3.70. The maximum absolute atomic E-state index is 13.3. The number of ether oxygens (including phenoxy) is 2. The highest BCUT2D eigenvalue weighted by atomic mass is 32.2. The van der Waals surface area contributed by atoms with E-state index < -0.39 is 10.0 Å². The van der Waals surface area contributed by atoms with E-state index in [1.54, 1.807) is 24.4 Å². The van der Waals surface area contributed by atoms with Gasteiger partial charge in [0, 0.05) is 24.7 Å². The van der Waals surface area contributed by atoms with E-state index in [1.165, 1.54) is 4.31 Å². The first-order chi connectivity index (χ1) is 13.0. The quantitative estimate of drug-likeness (QED) is 0.674. The number of sulfonamides is 1. The number of aryl methyl sites for hydroxylation is 1. The van der Waals surface area contributed by atoms with Crippen molar-refractivity contribution in [1.29, 1.82) is 0 Å². The predicted molar refractivity (Wildman–Crippen MR) is 102 cm³/mol. The fourth-order valence-corrected chi connectivity index (χ4v) is 4.80. The van der Waals surface area contributed by atoms with E-state index in [0.29, 0.717) is 23.6 Å². The number of aromatic nitrogens is 1. The molecule has 2 heterocycles. The van der Waals surface area contributed by atoms with Gasteiger partial charge in [0.1, 0.15) is 4.90 Å². The number of pyridine rings is 1. The average Bonchev–Trinajstić information content (AvgIpc) is 3.13. The van der Waals surface area contributed by atoms with Crippen LogP contribution in [0.4, 0.5) is 0 Å². The molecule has 1 aliphatic heterocycles. The van der Waals surface area contributed by atoms with Crippen LogP contribution in [-0.4, -0.2) is 31.0 Å². The van der Waals surface area contributed by atoms with Gasteiger partial charge in [0.25, 0.3) is 0 Å². The summed E-state index contributed by atoms with van der Waals surface area (Å²) in [7, 11) is -3.70. The molecule has 140 valence electrons. The Morgan fingerprint density at radius 1 is 1.11 bits per heavy atom. The zero-order valence-electron chi connectivity index (χ0n) is 15.2. The molecule has 0 radical (unpaired) electrons. The molecule has 0 fully saturated rings. The van der Waals surface area contributed by atoms with E-state index in [1.807, 2.05) is 38.1 Å². The van der Waals surface area contributed by atoms with Crippen molar-refractivity contribution in [2.45, 2.75) is 25.3 Å². The molecule has 0 atom stereocenters. The van der Waals surface area contributed by atoms with Crippen LogP contribution in [0.2, 0.25) is 0 Å². The average molecular weight is 384 g/mol. The fraction of sp³-hybridized carbons (Fsp3) is 0.250. The van der Waals surface area contributed by atoms with Crippen LogP contribution in [0.5, 0.6) is 11.5 Å².